The Morgan fingerprint density at radius 3 is 2.07 bits per heavy atom. The smallest absolute Gasteiger partial charge is 1.00 e. The number of benzene rings is 2. The maximum atomic E-state index is 3.82. The second-order valence-corrected chi connectivity index (χ2v) is 8.79. The van der Waals surface area contributed by atoms with E-state index in [1.54, 1.807) is 10.8 Å². The monoisotopic (exact) mass is 484 g/mol. The molecule has 1 aliphatic carbocycles. The number of halogens is 3. The van der Waals surface area contributed by atoms with Crippen molar-refractivity contribution in [3.05, 3.63) is 88.6 Å². The van der Waals surface area contributed by atoms with Gasteiger partial charge in [0.25, 0.3) is 0 Å². The standard InChI is InChI=1S/C23H27Si.3ClH.Ti/c1-2-3-6-13-20-17-23(24-22-14-9-5-10-15-22)18-21(20)16-19-11-7-4-8-12-19;;;;/h4-5,7-12,14-15H,2-3,6,13,16-17,24H2,1H3;3*1H;/q-1;;;;+4/p-3. The van der Waals surface area contributed by atoms with Crippen LogP contribution in [0.5, 0.6) is 0 Å². The minimum Gasteiger partial charge on any atom is -1.00 e. The van der Waals surface area contributed by atoms with Crippen molar-refractivity contribution in [2.24, 2.45) is 0 Å². The molecule has 0 amide bonds. The first-order valence-electron chi connectivity index (χ1n) is 9.25. The van der Waals surface area contributed by atoms with Crippen LogP contribution < -0.4 is 42.4 Å². The third kappa shape index (κ3) is 9.48. The first-order valence-corrected chi connectivity index (χ1v) is 10.7. The van der Waals surface area contributed by atoms with Gasteiger partial charge >= 0.3 is 21.7 Å². The molecule has 1 aliphatic rings. The summed E-state index contributed by atoms with van der Waals surface area (Å²) in [6.07, 6.45) is 11.3. The third-order valence-corrected chi connectivity index (χ3v) is 6.48. The minimum atomic E-state index is -0.352. The Kier molecular flexibility index (Phi) is 17.6. The van der Waals surface area contributed by atoms with Gasteiger partial charge in [-0.05, 0) is 12.0 Å². The zero-order valence-electron chi connectivity index (χ0n) is 16.4. The summed E-state index contributed by atoms with van der Waals surface area (Å²) in [5.41, 5.74) is 4.55. The van der Waals surface area contributed by atoms with Gasteiger partial charge in [0.05, 0.1) is 9.52 Å². The molecule has 0 spiro atoms. The number of rotatable bonds is 8. The Labute approximate surface area is 206 Å². The summed E-state index contributed by atoms with van der Waals surface area (Å²) in [6, 6.07) is 21.9. The Morgan fingerprint density at radius 2 is 1.46 bits per heavy atom. The summed E-state index contributed by atoms with van der Waals surface area (Å²) in [4.78, 5) is 0. The Hall–Kier alpha value is -0.279. The van der Waals surface area contributed by atoms with Crippen molar-refractivity contribution in [3.63, 3.8) is 0 Å². The van der Waals surface area contributed by atoms with E-state index in [0.29, 0.717) is 0 Å². The van der Waals surface area contributed by atoms with Crippen LogP contribution in [0, 0.1) is 6.08 Å². The largest absolute Gasteiger partial charge is 4.00 e. The topological polar surface area (TPSA) is 0 Å². The van der Waals surface area contributed by atoms with Gasteiger partial charge in [-0.1, -0.05) is 105 Å². The molecule has 2 aromatic carbocycles. The van der Waals surface area contributed by atoms with Crippen LogP contribution in [0.1, 0.15) is 44.6 Å². The zero-order valence-corrected chi connectivity index (χ0v) is 21.6. The average Bonchev–Trinajstić information content (AvgIpc) is 2.98. The van der Waals surface area contributed by atoms with Crippen LogP contribution in [0.25, 0.3) is 0 Å². The van der Waals surface area contributed by atoms with E-state index in [9.17, 15) is 0 Å². The second-order valence-electron chi connectivity index (χ2n) is 6.77. The van der Waals surface area contributed by atoms with Crippen molar-refractivity contribution in [2.45, 2.75) is 45.4 Å². The Balaban J connectivity index is 0. The van der Waals surface area contributed by atoms with E-state index in [1.165, 1.54) is 48.4 Å². The maximum Gasteiger partial charge on any atom is 4.00 e. The molecule has 0 aliphatic heterocycles. The fourth-order valence-electron chi connectivity index (χ4n) is 3.46. The van der Waals surface area contributed by atoms with E-state index in [-0.39, 0.29) is 68.5 Å². The van der Waals surface area contributed by atoms with E-state index in [1.807, 2.05) is 0 Å². The van der Waals surface area contributed by atoms with Gasteiger partial charge in [0, 0.05) is 0 Å². The summed E-state index contributed by atoms with van der Waals surface area (Å²) in [6.45, 7) is 2.28. The number of hydrogen-bond donors (Lipinski definition) is 0. The van der Waals surface area contributed by atoms with Gasteiger partial charge in [-0.25, -0.2) is 11.1 Å². The summed E-state index contributed by atoms with van der Waals surface area (Å²) in [5, 5.41) is 3.13. The molecule has 3 rings (SSSR count). The zero-order chi connectivity index (χ0) is 16.6. The molecule has 0 aromatic heterocycles. The van der Waals surface area contributed by atoms with Gasteiger partial charge in [0.2, 0.25) is 0 Å². The van der Waals surface area contributed by atoms with Crippen LogP contribution in [0.3, 0.4) is 0 Å². The van der Waals surface area contributed by atoms with Crippen molar-refractivity contribution >= 4 is 14.7 Å². The predicted octanol–water partition coefficient (Wildman–Crippen LogP) is -4.30. The molecule has 5 heteroatoms. The van der Waals surface area contributed by atoms with Crippen LogP contribution in [0.4, 0.5) is 0 Å². The van der Waals surface area contributed by atoms with Gasteiger partial charge in [-0.3, -0.25) is 6.08 Å². The minimum absolute atomic E-state index is 0. The molecule has 0 N–H and O–H groups in total. The first kappa shape index (κ1) is 29.9. The summed E-state index contributed by atoms with van der Waals surface area (Å²) in [7, 11) is -0.352. The van der Waals surface area contributed by atoms with E-state index in [0.717, 1.165) is 6.42 Å². The fraction of sp³-hybridized carbons (Fsp3) is 0.304. The van der Waals surface area contributed by atoms with Crippen LogP contribution in [0.2, 0.25) is 0 Å². The molecule has 148 valence electrons. The molecular weight excluding hydrogens is 459 g/mol. The van der Waals surface area contributed by atoms with E-state index in [2.05, 4.69) is 73.7 Å². The quantitative estimate of drug-likeness (QED) is 0.202. The van der Waals surface area contributed by atoms with Crippen LogP contribution in [0.15, 0.2) is 77.0 Å². The third-order valence-electron chi connectivity index (χ3n) is 4.75. The van der Waals surface area contributed by atoms with Crippen LogP contribution in [-0.2, 0) is 28.1 Å². The molecule has 0 saturated heterocycles. The summed E-state index contributed by atoms with van der Waals surface area (Å²) >= 11 is 0. The Morgan fingerprint density at radius 1 is 0.857 bits per heavy atom. The van der Waals surface area contributed by atoms with Crippen LogP contribution >= 0.6 is 0 Å². The van der Waals surface area contributed by atoms with Crippen molar-refractivity contribution < 1.29 is 58.9 Å². The number of hydrogen-bond acceptors (Lipinski definition) is 0. The fourth-order valence-corrected chi connectivity index (χ4v) is 5.19. The molecule has 0 bridgehead atoms. The number of unbranched alkanes of at least 4 members (excludes halogenated alkanes) is 2. The molecule has 0 heterocycles. The molecular formula is C23H27Cl3SiTi. The molecule has 0 radical (unpaired) electrons. The molecule has 0 atom stereocenters. The second kappa shape index (κ2) is 16.5. The van der Waals surface area contributed by atoms with E-state index >= 15 is 0 Å². The van der Waals surface area contributed by atoms with Gasteiger partial charge in [0.15, 0.2) is 0 Å². The first-order chi connectivity index (χ1) is 11.8. The van der Waals surface area contributed by atoms with Gasteiger partial charge in [-0.15, -0.1) is 0 Å². The predicted molar refractivity (Wildman–Crippen MR) is 107 cm³/mol. The molecule has 0 saturated carbocycles. The normalized spacial score (nSPS) is 12.5. The average molecular weight is 486 g/mol. The molecule has 2 aromatic rings. The molecule has 0 unspecified atom stereocenters. The van der Waals surface area contributed by atoms with Gasteiger partial charge in [0.1, 0.15) is 0 Å². The van der Waals surface area contributed by atoms with Gasteiger partial charge in [-0.2, -0.15) is 5.20 Å². The van der Waals surface area contributed by atoms with Crippen molar-refractivity contribution in [1.82, 2.24) is 0 Å². The molecule has 28 heavy (non-hydrogen) atoms. The summed E-state index contributed by atoms with van der Waals surface area (Å²) in [5.74, 6) is 0. The Bertz CT molecular complexity index is 715. The molecule has 0 nitrogen and oxygen atoms in total. The van der Waals surface area contributed by atoms with Crippen LogP contribution in [-0.4, -0.2) is 9.52 Å². The van der Waals surface area contributed by atoms with Gasteiger partial charge < -0.3 is 37.2 Å². The van der Waals surface area contributed by atoms with Crippen molar-refractivity contribution in [2.75, 3.05) is 0 Å². The van der Waals surface area contributed by atoms with Crippen molar-refractivity contribution in [1.29, 1.82) is 0 Å². The van der Waals surface area contributed by atoms with Crippen molar-refractivity contribution in [3.8, 4) is 0 Å². The van der Waals surface area contributed by atoms with E-state index in [4.69, 9.17) is 0 Å². The summed E-state index contributed by atoms with van der Waals surface area (Å²) < 4.78 is 0. The number of allylic oxidation sites excluding steroid dienone is 4. The maximum absolute atomic E-state index is 3.82. The SMILES string of the molecule is CCCCCC1=C(Cc2ccccc2)[C-]=C([SiH2]c2ccccc2)C1.[Cl-].[Cl-].[Cl-].[Ti+4]. The van der Waals surface area contributed by atoms with E-state index < -0.39 is 0 Å². The molecule has 0 fully saturated rings.